The number of anilines is 1. The van der Waals surface area contributed by atoms with E-state index in [1.165, 1.54) is 23.9 Å². The molecule has 2 N–H and O–H groups in total. The van der Waals surface area contributed by atoms with Gasteiger partial charge in [-0.3, -0.25) is 9.59 Å². The van der Waals surface area contributed by atoms with E-state index in [9.17, 15) is 23.1 Å². The van der Waals surface area contributed by atoms with Gasteiger partial charge in [0.1, 0.15) is 6.10 Å². The number of aryl methyl sites for hydroxylation is 1. The molecule has 0 radical (unpaired) electrons. The number of carbonyl (C=O) groups is 2. The van der Waals surface area contributed by atoms with Gasteiger partial charge in [0.25, 0.3) is 15.9 Å². The molecular formula is C26H37N5O7S. The predicted octanol–water partition coefficient (Wildman–Crippen LogP) is 1.33. The van der Waals surface area contributed by atoms with Crippen LogP contribution in [0.15, 0.2) is 35.7 Å². The van der Waals surface area contributed by atoms with E-state index in [2.05, 4.69) is 10.3 Å². The molecule has 2 amide bonds. The molecule has 0 bridgehead atoms. The van der Waals surface area contributed by atoms with Crippen LogP contribution in [0, 0.1) is 11.8 Å². The molecule has 0 aliphatic carbocycles. The SMILES string of the molecule is C[C@@H]1CN([C@@H](C)CO)C(=O)c2cccc(NC(=O)C3CCOCC3)c2O[C@H]1CN(C)S(=O)(=O)c1cn(C)cn1. The van der Waals surface area contributed by atoms with Crippen molar-refractivity contribution in [1.29, 1.82) is 0 Å². The van der Waals surface area contributed by atoms with E-state index in [-0.39, 0.29) is 59.7 Å². The maximum absolute atomic E-state index is 13.6. The number of imidazole rings is 1. The third-order valence-corrected chi connectivity index (χ3v) is 9.04. The lowest BCUT2D eigenvalue weighted by Gasteiger charge is -2.38. The summed E-state index contributed by atoms with van der Waals surface area (Å²) in [5.41, 5.74) is 0.565. The summed E-state index contributed by atoms with van der Waals surface area (Å²) >= 11 is 0. The minimum Gasteiger partial charge on any atom is -0.486 e. The van der Waals surface area contributed by atoms with Crippen molar-refractivity contribution in [3.63, 3.8) is 0 Å². The lowest BCUT2D eigenvalue weighted by molar-refractivity contribution is -0.122. The Kier molecular flexibility index (Phi) is 8.94. The first kappa shape index (κ1) is 29.0. The van der Waals surface area contributed by atoms with Gasteiger partial charge in [-0.05, 0) is 31.9 Å². The molecule has 1 saturated heterocycles. The van der Waals surface area contributed by atoms with Crippen LogP contribution in [0.2, 0.25) is 0 Å². The van der Waals surface area contributed by atoms with Crippen LogP contribution in [0.4, 0.5) is 5.69 Å². The summed E-state index contributed by atoms with van der Waals surface area (Å²) in [7, 11) is -0.765. The van der Waals surface area contributed by atoms with Gasteiger partial charge in [-0.25, -0.2) is 13.4 Å². The third-order valence-electron chi connectivity index (χ3n) is 7.33. The van der Waals surface area contributed by atoms with Crippen LogP contribution in [0.3, 0.4) is 0 Å². The van der Waals surface area contributed by atoms with Crippen molar-refractivity contribution < 1.29 is 32.6 Å². The number of amides is 2. The molecule has 0 saturated carbocycles. The molecule has 3 atom stereocenters. The summed E-state index contributed by atoms with van der Waals surface area (Å²) in [5.74, 6) is -0.901. The summed E-state index contributed by atoms with van der Waals surface area (Å²) < 4.78 is 41.0. The summed E-state index contributed by atoms with van der Waals surface area (Å²) in [5, 5.41) is 12.7. The lowest BCUT2D eigenvalue weighted by atomic mass is 9.98. The highest BCUT2D eigenvalue weighted by Crippen LogP contribution is 2.36. The average Bonchev–Trinajstić information content (AvgIpc) is 3.38. The van der Waals surface area contributed by atoms with Gasteiger partial charge in [0.2, 0.25) is 5.91 Å². The van der Waals surface area contributed by atoms with Crippen LogP contribution in [-0.4, -0.2) is 96.2 Å². The molecule has 1 aromatic heterocycles. The van der Waals surface area contributed by atoms with E-state index in [1.807, 2.05) is 6.92 Å². The topological polar surface area (TPSA) is 143 Å². The number of likely N-dealkylation sites (N-methyl/N-ethyl adjacent to an activating group) is 1. The summed E-state index contributed by atoms with van der Waals surface area (Å²) in [6.45, 7) is 4.58. The zero-order valence-corrected chi connectivity index (χ0v) is 23.6. The second-order valence-electron chi connectivity index (χ2n) is 10.3. The number of aromatic nitrogens is 2. The number of para-hydroxylation sites is 1. The Balaban J connectivity index is 1.69. The van der Waals surface area contributed by atoms with Gasteiger partial charge in [-0.15, -0.1) is 0 Å². The zero-order valence-electron chi connectivity index (χ0n) is 22.7. The standard InChI is InChI=1S/C26H37N5O7S/c1-17-12-31(18(2)15-32)26(34)20-6-5-7-21(28-25(33)19-8-10-37-11-9-19)24(20)38-22(17)13-30(4)39(35,36)23-14-29(3)16-27-23/h5-7,14,16-19,22,32H,8-13,15H2,1-4H3,(H,28,33)/t17-,18+,22+/m1/s1. The largest absolute Gasteiger partial charge is 0.486 e. The van der Waals surface area contributed by atoms with Crippen molar-refractivity contribution in [3.05, 3.63) is 36.3 Å². The lowest BCUT2D eigenvalue weighted by Crippen LogP contribution is -2.50. The normalized spacial score (nSPS) is 21.6. The van der Waals surface area contributed by atoms with Crippen LogP contribution in [0.25, 0.3) is 0 Å². The number of sulfonamides is 1. The van der Waals surface area contributed by atoms with Crippen molar-refractivity contribution in [3.8, 4) is 5.75 Å². The third kappa shape index (κ3) is 6.26. The number of benzene rings is 1. The number of nitrogens with zero attached hydrogens (tertiary/aromatic N) is 4. The van der Waals surface area contributed by atoms with E-state index >= 15 is 0 Å². The predicted molar refractivity (Wildman–Crippen MR) is 143 cm³/mol. The molecule has 0 unspecified atom stereocenters. The summed E-state index contributed by atoms with van der Waals surface area (Å²) in [6, 6.07) is 4.46. The Morgan fingerprint density at radius 2 is 2.03 bits per heavy atom. The Hall–Kier alpha value is -3.00. The van der Waals surface area contributed by atoms with Crippen molar-refractivity contribution >= 4 is 27.5 Å². The van der Waals surface area contributed by atoms with E-state index in [1.54, 1.807) is 41.6 Å². The maximum atomic E-state index is 13.6. The first-order valence-corrected chi connectivity index (χ1v) is 14.5. The van der Waals surface area contributed by atoms with Crippen LogP contribution in [0.1, 0.15) is 37.0 Å². The molecule has 2 aromatic rings. The molecule has 0 spiro atoms. The van der Waals surface area contributed by atoms with Crippen LogP contribution < -0.4 is 10.1 Å². The van der Waals surface area contributed by atoms with Crippen LogP contribution in [0.5, 0.6) is 5.75 Å². The number of aliphatic hydroxyl groups is 1. The maximum Gasteiger partial charge on any atom is 0.261 e. The highest BCUT2D eigenvalue weighted by molar-refractivity contribution is 7.89. The molecular weight excluding hydrogens is 526 g/mol. The van der Waals surface area contributed by atoms with Crippen LogP contribution >= 0.6 is 0 Å². The first-order valence-electron chi connectivity index (χ1n) is 13.1. The Bertz CT molecular complexity index is 1290. The number of nitrogens with one attached hydrogen (secondary N) is 1. The molecule has 4 rings (SSSR count). The molecule has 2 aliphatic heterocycles. The average molecular weight is 564 g/mol. The van der Waals surface area contributed by atoms with Crippen molar-refractivity contribution in [2.45, 2.75) is 43.9 Å². The summed E-state index contributed by atoms with van der Waals surface area (Å²) in [4.78, 5) is 32.3. The van der Waals surface area contributed by atoms with Crippen LogP contribution in [-0.2, 0) is 26.6 Å². The van der Waals surface area contributed by atoms with Crippen molar-refractivity contribution in [2.75, 3.05) is 45.3 Å². The fourth-order valence-electron chi connectivity index (χ4n) is 4.79. The van der Waals surface area contributed by atoms with Crippen molar-refractivity contribution in [2.24, 2.45) is 18.9 Å². The molecule has 1 fully saturated rings. The molecule has 39 heavy (non-hydrogen) atoms. The Morgan fingerprint density at radius 3 is 2.67 bits per heavy atom. The van der Waals surface area contributed by atoms with Gasteiger partial charge in [0.15, 0.2) is 10.8 Å². The van der Waals surface area contributed by atoms with Gasteiger partial charge in [-0.1, -0.05) is 13.0 Å². The van der Waals surface area contributed by atoms with E-state index < -0.39 is 22.2 Å². The molecule has 2 aliphatic rings. The van der Waals surface area contributed by atoms with E-state index in [0.717, 1.165) is 0 Å². The van der Waals surface area contributed by atoms with Gasteiger partial charge in [-0.2, -0.15) is 4.31 Å². The first-order chi connectivity index (χ1) is 18.5. The minimum atomic E-state index is -3.91. The van der Waals surface area contributed by atoms with Gasteiger partial charge >= 0.3 is 0 Å². The van der Waals surface area contributed by atoms with Gasteiger partial charge in [0, 0.05) is 51.9 Å². The van der Waals surface area contributed by atoms with E-state index in [0.29, 0.717) is 31.7 Å². The summed E-state index contributed by atoms with van der Waals surface area (Å²) in [6.07, 6.45) is 3.35. The molecule has 1 aromatic carbocycles. The Morgan fingerprint density at radius 1 is 1.31 bits per heavy atom. The van der Waals surface area contributed by atoms with Crippen molar-refractivity contribution in [1.82, 2.24) is 18.8 Å². The number of fused-ring (bicyclic) bond motifs is 1. The highest BCUT2D eigenvalue weighted by atomic mass is 32.2. The van der Waals surface area contributed by atoms with Gasteiger partial charge in [0.05, 0.1) is 36.8 Å². The second-order valence-corrected chi connectivity index (χ2v) is 12.3. The molecule has 214 valence electrons. The van der Waals surface area contributed by atoms with Gasteiger partial charge < -0.3 is 29.4 Å². The number of hydrogen-bond donors (Lipinski definition) is 2. The second kappa shape index (κ2) is 12.0. The zero-order chi connectivity index (χ0) is 28.3. The molecule has 3 heterocycles. The van der Waals surface area contributed by atoms with E-state index in [4.69, 9.17) is 9.47 Å². The number of hydrogen-bond acceptors (Lipinski definition) is 8. The number of aliphatic hydroxyl groups excluding tert-OH is 1. The monoisotopic (exact) mass is 563 g/mol. The quantitative estimate of drug-likeness (QED) is 0.490. The highest BCUT2D eigenvalue weighted by Gasteiger charge is 2.37. The Labute approximate surface area is 228 Å². The number of rotatable bonds is 8. The number of carbonyl (C=O) groups excluding carboxylic acids is 2. The molecule has 12 nitrogen and oxygen atoms in total. The molecule has 13 heteroatoms. The minimum absolute atomic E-state index is 0.0305. The number of ether oxygens (including phenoxy) is 2. The fourth-order valence-corrected chi connectivity index (χ4v) is 5.93. The smallest absolute Gasteiger partial charge is 0.261 e. The fraction of sp³-hybridized carbons (Fsp3) is 0.577.